The van der Waals surface area contributed by atoms with E-state index in [1.165, 1.54) is 23.9 Å². The second kappa shape index (κ2) is 9.09. The topological polar surface area (TPSA) is 113 Å². The third-order valence-corrected chi connectivity index (χ3v) is 5.32. The number of non-ortho nitro benzene ring substituents is 1. The summed E-state index contributed by atoms with van der Waals surface area (Å²) in [5.41, 5.74) is 1.64. The first-order valence-electron chi connectivity index (χ1n) is 9.71. The summed E-state index contributed by atoms with van der Waals surface area (Å²) in [6, 6.07) is 16.0. The highest BCUT2D eigenvalue weighted by Gasteiger charge is 2.18. The van der Waals surface area contributed by atoms with Crippen LogP contribution in [-0.2, 0) is 12.2 Å². The molecule has 2 heterocycles. The van der Waals surface area contributed by atoms with Gasteiger partial charge in [-0.3, -0.25) is 14.7 Å². The molecule has 0 aliphatic carbocycles. The zero-order chi connectivity index (χ0) is 21.8. The third-order valence-electron chi connectivity index (χ3n) is 4.41. The average Bonchev–Trinajstić information content (AvgIpc) is 3.39. The SMILES string of the molecule is CC(C)Cc1noc(CSc2nnc(-c3ccc([N+](=O)[O-])cc3)n2-c2ccccc2)n1. The van der Waals surface area contributed by atoms with Gasteiger partial charge in [-0.15, -0.1) is 10.2 Å². The first kappa shape index (κ1) is 20.7. The average molecular weight is 436 g/mol. The number of nitro groups is 1. The van der Waals surface area contributed by atoms with Gasteiger partial charge < -0.3 is 4.52 Å². The highest BCUT2D eigenvalue weighted by atomic mass is 32.2. The molecule has 158 valence electrons. The van der Waals surface area contributed by atoms with Crippen molar-refractivity contribution in [1.82, 2.24) is 24.9 Å². The highest BCUT2D eigenvalue weighted by molar-refractivity contribution is 7.98. The van der Waals surface area contributed by atoms with Gasteiger partial charge in [0.15, 0.2) is 16.8 Å². The Kier molecular flexibility index (Phi) is 6.08. The van der Waals surface area contributed by atoms with Gasteiger partial charge in [-0.05, 0) is 30.2 Å². The minimum Gasteiger partial charge on any atom is -0.338 e. The Morgan fingerprint density at radius 2 is 1.84 bits per heavy atom. The highest BCUT2D eigenvalue weighted by Crippen LogP contribution is 2.30. The lowest BCUT2D eigenvalue weighted by atomic mass is 10.1. The van der Waals surface area contributed by atoms with Crippen molar-refractivity contribution in [2.24, 2.45) is 5.92 Å². The van der Waals surface area contributed by atoms with Gasteiger partial charge in [0.2, 0.25) is 5.89 Å². The number of nitro benzene ring substituents is 1. The fourth-order valence-corrected chi connectivity index (χ4v) is 3.80. The normalized spacial score (nSPS) is 11.2. The predicted molar refractivity (Wildman–Crippen MR) is 116 cm³/mol. The number of hydrogen-bond acceptors (Lipinski definition) is 8. The quantitative estimate of drug-likeness (QED) is 0.222. The van der Waals surface area contributed by atoms with Gasteiger partial charge in [-0.2, -0.15) is 4.98 Å². The summed E-state index contributed by atoms with van der Waals surface area (Å²) in [5, 5.41) is 24.4. The lowest BCUT2D eigenvalue weighted by molar-refractivity contribution is -0.384. The van der Waals surface area contributed by atoms with E-state index in [4.69, 9.17) is 4.52 Å². The lowest BCUT2D eigenvalue weighted by Crippen LogP contribution is -2.00. The molecular weight excluding hydrogens is 416 g/mol. The molecule has 2 aromatic heterocycles. The van der Waals surface area contributed by atoms with E-state index in [2.05, 4.69) is 34.2 Å². The number of para-hydroxylation sites is 1. The van der Waals surface area contributed by atoms with Crippen molar-refractivity contribution in [3.63, 3.8) is 0 Å². The summed E-state index contributed by atoms with van der Waals surface area (Å²) >= 11 is 1.44. The summed E-state index contributed by atoms with van der Waals surface area (Å²) in [6.07, 6.45) is 0.763. The van der Waals surface area contributed by atoms with Crippen LogP contribution in [0.25, 0.3) is 17.1 Å². The van der Waals surface area contributed by atoms with Crippen LogP contribution in [0.4, 0.5) is 5.69 Å². The molecule has 10 heteroatoms. The van der Waals surface area contributed by atoms with E-state index in [0.29, 0.717) is 34.4 Å². The Hall–Kier alpha value is -3.53. The molecule has 0 bridgehead atoms. The number of aromatic nitrogens is 5. The molecule has 0 spiro atoms. The molecule has 0 aliphatic rings. The summed E-state index contributed by atoms with van der Waals surface area (Å²) in [7, 11) is 0. The van der Waals surface area contributed by atoms with E-state index < -0.39 is 4.92 Å². The molecule has 31 heavy (non-hydrogen) atoms. The van der Waals surface area contributed by atoms with Crippen molar-refractivity contribution in [3.05, 3.63) is 76.4 Å². The molecule has 0 atom stereocenters. The summed E-state index contributed by atoms with van der Waals surface area (Å²) in [6.45, 7) is 4.21. The first-order chi connectivity index (χ1) is 15.0. The molecule has 0 saturated carbocycles. The minimum atomic E-state index is -0.426. The number of nitrogens with zero attached hydrogens (tertiary/aromatic N) is 6. The summed E-state index contributed by atoms with van der Waals surface area (Å²) in [4.78, 5) is 15.0. The largest absolute Gasteiger partial charge is 0.338 e. The Bertz CT molecular complexity index is 1170. The third kappa shape index (κ3) is 4.80. The second-order valence-corrected chi connectivity index (χ2v) is 8.21. The van der Waals surface area contributed by atoms with Crippen molar-refractivity contribution in [1.29, 1.82) is 0 Å². The number of rotatable bonds is 8. The molecule has 4 rings (SSSR count). The van der Waals surface area contributed by atoms with Crippen LogP contribution in [0.5, 0.6) is 0 Å². The van der Waals surface area contributed by atoms with Gasteiger partial charge in [-0.25, -0.2) is 0 Å². The number of hydrogen-bond donors (Lipinski definition) is 0. The van der Waals surface area contributed by atoms with Crippen LogP contribution in [0.15, 0.2) is 64.3 Å². The Morgan fingerprint density at radius 3 is 2.52 bits per heavy atom. The number of thioether (sulfide) groups is 1. The van der Waals surface area contributed by atoms with E-state index >= 15 is 0 Å². The van der Waals surface area contributed by atoms with Crippen LogP contribution in [0, 0.1) is 16.0 Å². The predicted octanol–water partition coefficient (Wildman–Crippen LogP) is 4.72. The van der Waals surface area contributed by atoms with Gasteiger partial charge >= 0.3 is 0 Å². The lowest BCUT2D eigenvalue weighted by Gasteiger charge is -2.09. The Morgan fingerprint density at radius 1 is 1.10 bits per heavy atom. The van der Waals surface area contributed by atoms with Crippen LogP contribution in [-0.4, -0.2) is 29.8 Å². The van der Waals surface area contributed by atoms with Crippen molar-refractivity contribution < 1.29 is 9.45 Å². The monoisotopic (exact) mass is 436 g/mol. The van der Waals surface area contributed by atoms with Gasteiger partial charge in [-0.1, -0.05) is 49.0 Å². The zero-order valence-corrected chi connectivity index (χ0v) is 17.8. The van der Waals surface area contributed by atoms with Crippen molar-refractivity contribution in [2.45, 2.75) is 31.2 Å². The van der Waals surface area contributed by atoms with Crippen LogP contribution in [0.1, 0.15) is 25.6 Å². The van der Waals surface area contributed by atoms with Crippen molar-refractivity contribution in [2.75, 3.05) is 0 Å². The second-order valence-electron chi connectivity index (χ2n) is 7.27. The summed E-state index contributed by atoms with van der Waals surface area (Å²) < 4.78 is 7.27. The van der Waals surface area contributed by atoms with Gasteiger partial charge in [0.05, 0.1) is 10.7 Å². The molecule has 0 aliphatic heterocycles. The minimum absolute atomic E-state index is 0.0257. The van der Waals surface area contributed by atoms with Crippen molar-refractivity contribution in [3.8, 4) is 17.1 Å². The number of benzene rings is 2. The maximum atomic E-state index is 11.0. The van der Waals surface area contributed by atoms with E-state index in [1.54, 1.807) is 12.1 Å². The Balaban J connectivity index is 1.63. The van der Waals surface area contributed by atoms with Gasteiger partial charge in [0.1, 0.15) is 0 Å². The molecule has 0 amide bonds. The maximum absolute atomic E-state index is 11.0. The van der Waals surface area contributed by atoms with Crippen LogP contribution >= 0.6 is 11.8 Å². The van der Waals surface area contributed by atoms with E-state index in [-0.39, 0.29) is 5.69 Å². The molecule has 4 aromatic rings. The van der Waals surface area contributed by atoms with Crippen LogP contribution in [0.3, 0.4) is 0 Å². The van der Waals surface area contributed by atoms with Crippen LogP contribution < -0.4 is 0 Å². The van der Waals surface area contributed by atoms with Gasteiger partial charge in [0.25, 0.3) is 5.69 Å². The summed E-state index contributed by atoms with van der Waals surface area (Å²) in [5.74, 6) is 2.72. The molecule has 9 nitrogen and oxygen atoms in total. The maximum Gasteiger partial charge on any atom is 0.269 e. The fourth-order valence-electron chi connectivity index (χ4n) is 3.02. The van der Waals surface area contributed by atoms with Crippen molar-refractivity contribution >= 4 is 17.4 Å². The van der Waals surface area contributed by atoms with E-state index in [1.807, 2.05) is 34.9 Å². The molecule has 0 saturated heterocycles. The molecule has 0 N–H and O–H groups in total. The molecule has 0 fully saturated rings. The van der Waals surface area contributed by atoms with Crippen LogP contribution in [0.2, 0.25) is 0 Å². The molecule has 0 radical (unpaired) electrons. The van der Waals surface area contributed by atoms with E-state index in [9.17, 15) is 10.1 Å². The smallest absolute Gasteiger partial charge is 0.269 e. The first-order valence-corrected chi connectivity index (χ1v) is 10.7. The molecule has 2 aromatic carbocycles. The molecule has 0 unspecified atom stereocenters. The van der Waals surface area contributed by atoms with Gasteiger partial charge in [0, 0.05) is 29.8 Å². The Labute approximate surface area is 182 Å². The fraction of sp³-hybridized carbons (Fsp3) is 0.238. The standard InChI is InChI=1S/C21H20N6O3S/c1-14(2)12-18-22-19(30-25-18)13-31-21-24-23-20(26(21)16-6-4-3-5-7-16)15-8-10-17(11-9-15)27(28)29/h3-11,14H,12-13H2,1-2H3. The molecular formula is C21H20N6O3S. The van der Waals surface area contributed by atoms with E-state index in [0.717, 1.165) is 17.7 Å². The zero-order valence-electron chi connectivity index (χ0n) is 17.0.